The lowest BCUT2D eigenvalue weighted by Gasteiger charge is -2.32. The zero-order chi connectivity index (χ0) is 16.0. The molecule has 0 radical (unpaired) electrons. The second kappa shape index (κ2) is 7.81. The highest BCUT2D eigenvalue weighted by Gasteiger charge is 2.23. The fourth-order valence-corrected chi connectivity index (χ4v) is 2.44. The fourth-order valence-electron chi connectivity index (χ4n) is 2.44. The van der Waals surface area contributed by atoms with Gasteiger partial charge in [-0.15, -0.1) is 0 Å². The van der Waals surface area contributed by atoms with Gasteiger partial charge in [-0.05, 0) is 43.0 Å². The molecule has 0 fully saturated rings. The molecule has 0 atom stereocenters. The van der Waals surface area contributed by atoms with E-state index in [0.29, 0.717) is 18.0 Å². The molecule has 0 saturated carbocycles. The second-order valence-corrected chi connectivity index (χ2v) is 5.70. The highest BCUT2D eigenvalue weighted by atomic mass is 16.4. The zero-order valence-corrected chi connectivity index (χ0v) is 13.3. The van der Waals surface area contributed by atoms with E-state index in [1.165, 1.54) is 12.1 Å². The van der Waals surface area contributed by atoms with Crippen molar-refractivity contribution in [2.75, 3.05) is 6.54 Å². The largest absolute Gasteiger partial charge is 0.478 e. The maximum Gasteiger partial charge on any atom is 0.335 e. The van der Waals surface area contributed by atoms with Gasteiger partial charge in [0, 0.05) is 18.2 Å². The van der Waals surface area contributed by atoms with Crippen LogP contribution in [0.25, 0.3) is 0 Å². The van der Waals surface area contributed by atoms with Crippen LogP contribution in [0.4, 0.5) is 0 Å². The first-order chi connectivity index (χ1) is 9.90. The summed E-state index contributed by atoms with van der Waals surface area (Å²) in [6, 6.07) is 6.38. The molecule has 0 spiro atoms. The third-order valence-corrected chi connectivity index (χ3v) is 3.58. The van der Waals surface area contributed by atoms with Gasteiger partial charge in [-0.25, -0.2) is 4.79 Å². The van der Waals surface area contributed by atoms with Crippen LogP contribution in [0.1, 0.15) is 61.3 Å². The second-order valence-electron chi connectivity index (χ2n) is 5.70. The molecule has 0 aliphatic carbocycles. The van der Waals surface area contributed by atoms with Crippen molar-refractivity contribution in [3.63, 3.8) is 0 Å². The van der Waals surface area contributed by atoms with Gasteiger partial charge in [-0.1, -0.05) is 27.7 Å². The lowest BCUT2D eigenvalue weighted by atomic mass is 10.0. The lowest BCUT2D eigenvalue weighted by Crippen LogP contribution is -2.42. The van der Waals surface area contributed by atoms with Gasteiger partial charge in [-0.2, -0.15) is 0 Å². The summed E-state index contributed by atoms with van der Waals surface area (Å²) < 4.78 is 0. The highest BCUT2D eigenvalue weighted by molar-refractivity contribution is 5.96. The van der Waals surface area contributed by atoms with Gasteiger partial charge in [0.25, 0.3) is 5.91 Å². The molecule has 0 aliphatic rings. The summed E-state index contributed by atoms with van der Waals surface area (Å²) in [4.78, 5) is 25.5. The van der Waals surface area contributed by atoms with Gasteiger partial charge in [-0.3, -0.25) is 4.79 Å². The molecule has 1 N–H and O–H groups in total. The van der Waals surface area contributed by atoms with Gasteiger partial charge < -0.3 is 10.0 Å². The van der Waals surface area contributed by atoms with Gasteiger partial charge >= 0.3 is 5.97 Å². The monoisotopic (exact) mass is 291 g/mol. The van der Waals surface area contributed by atoms with E-state index in [9.17, 15) is 9.59 Å². The first-order valence-corrected chi connectivity index (χ1v) is 7.54. The smallest absolute Gasteiger partial charge is 0.335 e. The van der Waals surface area contributed by atoms with E-state index in [4.69, 9.17) is 5.11 Å². The number of rotatable bonds is 7. The van der Waals surface area contributed by atoms with E-state index < -0.39 is 5.97 Å². The van der Waals surface area contributed by atoms with Crippen molar-refractivity contribution in [2.45, 2.75) is 46.6 Å². The van der Waals surface area contributed by atoms with Gasteiger partial charge in [0.15, 0.2) is 0 Å². The first-order valence-electron chi connectivity index (χ1n) is 7.54. The van der Waals surface area contributed by atoms with Crippen molar-refractivity contribution in [1.29, 1.82) is 0 Å². The van der Waals surface area contributed by atoms with Crippen LogP contribution in [0.15, 0.2) is 24.3 Å². The Morgan fingerprint density at radius 1 is 1.05 bits per heavy atom. The molecular weight excluding hydrogens is 266 g/mol. The molecule has 0 heterocycles. The Labute approximate surface area is 126 Å². The Bertz CT molecular complexity index is 475. The molecule has 1 amide bonds. The maximum atomic E-state index is 12.7. The molecule has 1 aromatic rings. The molecule has 0 unspecified atom stereocenters. The van der Waals surface area contributed by atoms with Crippen molar-refractivity contribution in [1.82, 2.24) is 4.90 Å². The molecule has 0 bridgehead atoms. The van der Waals surface area contributed by atoms with Crippen molar-refractivity contribution in [3.05, 3.63) is 35.4 Å². The average Bonchev–Trinajstić information content (AvgIpc) is 2.46. The average molecular weight is 291 g/mol. The predicted octanol–water partition coefficient (Wildman–Crippen LogP) is 3.67. The summed E-state index contributed by atoms with van der Waals surface area (Å²) in [6.07, 6.45) is 1.84. The number of carboxylic acid groups (broad SMARTS) is 1. The molecule has 1 aromatic carbocycles. The number of aromatic carboxylic acids is 1. The Morgan fingerprint density at radius 2 is 1.52 bits per heavy atom. The predicted molar refractivity (Wildman–Crippen MR) is 83.6 cm³/mol. The number of carboxylic acids is 1. The Hall–Kier alpha value is -1.84. The SMILES string of the molecule is CCC(CC)N(CC(C)C)C(=O)c1ccc(C(=O)O)cc1. The van der Waals surface area contributed by atoms with E-state index in [-0.39, 0.29) is 17.5 Å². The third kappa shape index (κ3) is 4.59. The minimum Gasteiger partial charge on any atom is -0.478 e. The Morgan fingerprint density at radius 3 is 1.90 bits per heavy atom. The highest BCUT2D eigenvalue weighted by Crippen LogP contribution is 2.16. The Kier molecular flexibility index (Phi) is 6.40. The zero-order valence-electron chi connectivity index (χ0n) is 13.3. The van der Waals surface area contributed by atoms with Crippen molar-refractivity contribution in [3.8, 4) is 0 Å². The molecule has 116 valence electrons. The molecule has 0 aromatic heterocycles. The van der Waals surface area contributed by atoms with Crippen LogP contribution in [-0.4, -0.2) is 34.5 Å². The minimum absolute atomic E-state index is 0.0191. The molecule has 21 heavy (non-hydrogen) atoms. The number of benzene rings is 1. The van der Waals surface area contributed by atoms with Crippen molar-refractivity contribution in [2.24, 2.45) is 5.92 Å². The molecule has 1 rings (SSSR count). The molecule has 4 heteroatoms. The van der Waals surface area contributed by atoms with Gasteiger partial charge in [0.2, 0.25) is 0 Å². The molecular formula is C17H25NO3. The summed E-state index contributed by atoms with van der Waals surface area (Å²) in [5.74, 6) is -0.602. The van der Waals surface area contributed by atoms with Gasteiger partial charge in [0.05, 0.1) is 5.56 Å². The summed E-state index contributed by atoms with van der Waals surface area (Å²) in [6.45, 7) is 9.07. The summed E-state index contributed by atoms with van der Waals surface area (Å²) in [5.41, 5.74) is 0.747. The van der Waals surface area contributed by atoms with Crippen LogP contribution < -0.4 is 0 Å². The first kappa shape index (κ1) is 17.2. The van der Waals surface area contributed by atoms with E-state index in [1.54, 1.807) is 12.1 Å². The van der Waals surface area contributed by atoms with E-state index in [2.05, 4.69) is 27.7 Å². The topological polar surface area (TPSA) is 57.6 Å². The standard InChI is InChI=1S/C17H25NO3/c1-5-15(6-2)18(11-12(3)4)16(19)13-7-9-14(10-8-13)17(20)21/h7-10,12,15H,5-6,11H2,1-4H3,(H,20,21). The van der Waals surface area contributed by atoms with Crippen LogP contribution in [0.5, 0.6) is 0 Å². The number of carbonyl (C=O) groups excluding carboxylic acids is 1. The fraction of sp³-hybridized carbons (Fsp3) is 0.529. The third-order valence-electron chi connectivity index (χ3n) is 3.58. The number of hydrogen-bond acceptors (Lipinski definition) is 2. The maximum absolute atomic E-state index is 12.7. The van der Waals surface area contributed by atoms with E-state index in [0.717, 1.165) is 12.8 Å². The van der Waals surface area contributed by atoms with Crippen molar-refractivity contribution < 1.29 is 14.7 Å². The number of hydrogen-bond donors (Lipinski definition) is 1. The molecule has 0 saturated heterocycles. The van der Waals surface area contributed by atoms with E-state index >= 15 is 0 Å². The summed E-state index contributed by atoms with van der Waals surface area (Å²) >= 11 is 0. The number of carbonyl (C=O) groups is 2. The molecule has 4 nitrogen and oxygen atoms in total. The summed E-state index contributed by atoms with van der Waals surface area (Å²) in [5, 5.41) is 8.91. The summed E-state index contributed by atoms with van der Waals surface area (Å²) in [7, 11) is 0. The normalized spacial score (nSPS) is 11.0. The lowest BCUT2D eigenvalue weighted by molar-refractivity contribution is 0.0637. The Balaban J connectivity index is 3.01. The number of nitrogens with zero attached hydrogens (tertiary/aromatic N) is 1. The van der Waals surface area contributed by atoms with Crippen LogP contribution in [-0.2, 0) is 0 Å². The van der Waals surface area contributed by atoms with Gasteiger partial charge in [0.1, 0.15) is 0 Å². The quantitative estimate of drug-likeness (QED) is 0.834. The van der Waals surface area contributed by atoms with Crippen LogP contribution in [0.3, 0.4) is 0 Å². The molecule has 0 aliphatic heterocycles. The van der Waals surface area contributed by atoms with Crippen LogP contribution in [0, 0.1) is 5.92 Å². The van der Waals surface area contributed by atoms with Crippen LogP contribution in [0.2, 0.25) is 0 Å². The van der Waals surface area contributed by atoms with Crippen molar-refractivity contribution >= 4 is 11.9 Å². The minimum atomic E-state index is -0.979. The van der Waals surface area contributed by atoms with Crippen LogP contribution >= 0.6 is 0 Å². The number of amides is 1. The van der Waals surface area contributed by atoms with E-state index in [1.807, 2.05) is 4.90 Å².